The summed E-state index contributed by atoms with van der Waals surface area (Å²) in [7, 11) is 0. The molecule has 1 atom stereocenters. The van der Waals surface area contributed by atoms with Crippen LogP contribution in [0.1, 0.15) is 42.6 Å². The summed E-state index contributed by atoms with van der Waals surface area (Å²) in [6, 6.07) is 10.6. The molecule has 0 saturated carbocycles. The second kappa shape index (κ2) is 6.58. The van der Waals surface area contributed by atoms with Crippen molar-refractivity contribution in [1.29, 1.82) is 0 Å². The molecule has 1 aromatic carbocycles. The van der Waals surface area contributed by atoms with Gasteiger partial charge >= 0.3 is 0 Å². The van der Waals surface area contributed by atoms with Crippen LogP contribution >= 0.6 is 23.1 Å². The number of aromatic nitrogens is 4. The molecule has 0 aliphatic heterocycles. The fourth-order valence-electron chi connectivity index (χ4n) is 2.33. The number of hydrogen-bond acceptors (Lipinski definition) is 5. The van der Waals surface area contributed by atoms with Crippen LogP contribution in [0.25, 0.3) is 4.96 Å². The molecule has 4 nitrogen and oxygen atoms in total. The number of rotatable bonds is 6. The first kappa shape index (κ1) is 14.5. The van der Waals surface area contributed by atoms with Crippen molar-refractivity contribution in [3.63, 3.8) is 0 Å². The maximum absolute atomic E-state index is 4.77. The average Bonchev–Trinajstić information content (AvgIpc) is 3.08. The molecule has 0 fully saturated rings. The third-order valence-electron chi connectivity index (χ3n) is 3.41. The van der Waals surface area contributed by atoms with Gasteiger partial charge in [-0.05, 0) is 17.7 Å². The maximum atomic E-state index is 4.77. The first-order chi connectivity index (χ1) is 10.3. The second-order valence-corrected chi connectivity index (χ2v) is 7.02. The SMILES string of the molecule is CCSCc1nnc2sc(C(CC)c3ccccc3)nn12. The van der Waals surface area contributed by atoms with Crippen LogP contribution < -0.4 is 0 Å². The van der Waals surface area contributed by atoms with Crippen molar-refractivity contribution in [3.05, 3.63) is 46.7 Å². The second-order valence-electron chi connectivity index (χ2n) is 4.76. The minimum atomic E-state index is 0.338. The molecule has 0 amide bonds. The van der Waals surface area contributed by atoms with E-state index in [4.69, 9.17) is 5.10 Å². The lowest BCUT2D eigenvalue weighted by atomic mass is 9.97. The lowest BCUT2D eigenvalue weighted by molar-refractivity contribution is 0.735. The van der Waals surface area contributed by atoms with Crippen molar-refractivity contribution >= 4 is 28.1 Å². The molecule has 1 unspecified atom stereocenters. The van der Waals surface area contributed by atoms with E-state index in [1.165, 1.54) is 5.56 Å². The van der Waals surface area contributed by atoms with Crippen LogP contribution in [0.3, 0.4) is 0 Å². The Kier molecular flexibility index (Phi) is 4.55. The number of benzene rings is 1. The van der Waals surface area contributed by atoms with Crippen molar-refractivity contribution in [2.24, 2.45) is 0 Å². The first-order valence-corrected chi connectivity index (χ1v) is 9.14. The monoisotopic (exact) mass is 318 g/mol. The number of hydrogen-bond donors (Lipinski definition) is 0. The van der Waals surface area contributed by atoms with Gasteiger partial charge in [0, 0.05) is 5.92 Å². The average molecular weight is 318 g/mol. The minimum Gasteiger partial charge on any atom is -0.186 e. The molecule has 0 spiro atoms. The third-order valence-corrected chi connectivity index (χ3v) is 5.30. The fraction of sp³-hybridized carbons (Fsp3) is 0.400. The van der Waals surface area contributed by atoms with E-state index in [9.17, 15) is 0 Å². The molecule has 0 saturated heterocycles. The fourth-order valence-corrected chi connectivity index (χ4v) is 3.97. The van der Waals surface area contributed by atoms with E-state index in [0.29, 0.717) is 5.92 Å². The Morgan fingerprint density at radius 2 is 2.00 bits per heavy atom. The van der Waals surface area contributed by atoms with E-state index in [1.807, 2.05) is 16.3 Å². The Hall–Kier alpha value is -1.40. The van der Waals surface area contributed by atoms with Gasteiger partial charge in [0.1, 0.15) is 5.01 Å². The summed E-state index contributed by atoms with van der Waals surface area (Å²) >= 11 is 3.49. The summed E-state index contributed by atoms with van der Waals surface area (Å²) in [6.07, 6.45) is 1.03. The number of nitrogens with zero attached hydrogens (tertiary/aromatic N) is 4. The highest BCUT2D eigenvalue weighted by molar-refractivity contribution is 7.98. The molecule has 2 aromatic heterocycles. The van der Waals surface area contributed by atoms with E-state index < -0.39 is 0 Å². The van der Waals surface area contributed by atoms with Crippen LogP contribution in [0, 0.1) is 0 Å². The molecular weight excluding hydrogens is 300 g/mol. The van der Waals surface area contributed by atoms with Crippen molar-refractivity contribution < 1.29 is 0 Å². The molecule has 3 aromatic rings. The van der Waals surface area contributed by atoms with Gasteiger partial charge in [0.2, 0.25) is 4.96 Å². The Morgan fingerprint density at radius 1 is 1.19 bits per heavy atom. The molecule has 0 radical (unpaired) electrons. The zero-order valence-electron chi connectivity index (χ0n) is 12.2. The summed E-state index contributed by atoms with van der Waals surface area (Å²) in [5.41, 5.74) is 1.31. The van der Waals surface area contributed by atoms with Gasteiger partial charge in [-0.3, -0.25) is 0 Å². The lowest BCUT2D eigenvalue weighted by Gasteiger charge is -2.11. The topological polar surface area (TPSA) is 43.1 Å². The quantitative estimate of drug-likeness (QED) is 0.689. The zero-order chi connectivity index (χ0) is 14.7. The van der Waals surface area contributed by atoms with Gasteiger partial charge in [-0.2, -0.15) is 21.4 Å². The molecule has 21 heavy (non-hydrogen) atoms. The van der Waals surface area contributed by atoms with Crippen molar-refractivity contribution in [1.82, 2.24) is 19.8 Å². The van der Waals surface area contributed by atoms with Crippen LogP contribution in [0.5, 0.6) is 0 Å². The standard InChI is InChI=1S/C15H18N4S2/c1-3-12(11-8-6-5-7-9-11)14-18-19-13(10-20-4-2)16-17-15(19)21-14/h5-9,12H,3-4,10H2,1-2H3. The molecule has 110 valence electrons. The summed E-state index contributed by atoms with van der Waals surface area (Å²) < 4.78 is 1.91. The van der Waals surface area contributed by atoms with E-state index >= 15 is 0 Å². The highest BCUT2D eigenvalue weighted by Crippen LogP contribution is 2.31. The molecule has 2 heterocycles. The van der Waals surface area contributed by atoms with Gasteiger partial charge in [0.25, 0.3) is 0 Å². The third kappa shape index (κ3) is 2.96. The van der Waals surface area contributed by atoms with Gasteiger partial charge in [-0.15, -0.1) is 10.2 Å². The molecule has 0 bridgehead atoms. The van der Waals surface area contributed by atoms with E-state index in [2.05, 4.69) is 54.4 Å². The van der Waals surface area contributed by atoms with Gasteiger partial charge in [-0.25, -0.2) is 0 Å². The summed E-state index contributed by atoms with van der Waals surface area (Å²) in [5, 5.41) is 14.4. The minimum absolute atomic E-state index is 0.338. The molecule has 6 heteroatoms. The summed E-state index contributed by atoms with van der Waals surface area (Å²) in [6.45, 7) is 4.35. The van der Waals surface area contributed by atoms with E-state index in [1.54, 1.807) is 11.3 Å². The van der Waals surface area contributed by atoms with Gasteiger partial charge < -0.3 is 0 Å². The predicted octanol–water partition coefficient (Wildman–Crippen LogP) is 3.98. The van der Waals surface area contributed by atoms with Crippen molar-refractivity contribution in [2.45, 2.75) is 31.9 Å². The predicted molar refractivity (Wildman–Crippen MR) is 89.1 cm³/mol. The maximum Gasteiger partial charge on any atom is 0.234 e. The van der Waals surface area contributed by atoms with Crippen LogP contribution in [-0.2, 0) is 5.75 Å². The van der Waals surface area contributed by atoms with Crippen LogP contribution in [0.4, 0.5) is 0 Å². The summed E-state index contributed by atoms with van der Waals surface area (Å²) in [5.74, 6) is 3.23. The van der Waals surface area contributed by atoms with Crippen molar-refractivity contribution in [2.75, 3.05) is 5.75 Å². The number of thioether (sulfide) groups is 1. The van der Waals surface area contributed by atoms with Crippen LogP contribution in [-0.4, -0.2) is 25.6 Å². The normalized spacial score (nSPS) is 12.9. The van der Waals surface area contributed by atoms with Gasteiger partial charge in [-0.1, -0.05) is 55.5 Å². The number of fused-ring (bicyclic) bond motifs is 1. The highest BCUT2D eigenvalue weighted by atomic mass is 32.2. The Bertz CT molecular complexity index is 705. The molecule has 3 rings (SSSR count). The van der Waals surface area contributed by atoms with E-state index in [-0.39, 0.29) is 0 Å². The van der Waals surface area contributed by atoms with Crippen molar-refractivity contribution in [3.8, 4) is 0 Å². The highest BCUT2D eigenvalue weighted by Gasteiger charge is 2.19. The van der Waals surface area contributed by atoms with E-state index in [0.717, 1.165) is 33.7 Å². The van der Waals surface area contributed by atoms with Crippen LogP contribution in [0.15, 0.2) is 30.3 Å². The Balaban J connectivity index is 1.94. The summed E-state index contributed by atoms with van der Waals surface area (Å²) in [4.78, 5) is 0.895. The smallest absolute Gasteiger partial charge is 0.186 e. The van der Waals surface area contributed by atoms with Gasteiger partial charge in [0.15, 0.2) is 5.82 Å². The van der Waals surface area contributed by atoms with Crippen LogP contribution in [0.2, 0.25) is 0 Å². The molecule has 0 N–H and O–H groups in total. The molecule has 0 aliphatic rings. The Labute approximate surface area is 132 Å². The lowest BCUT2D eigenvalue weighted by Crippen LogP contribution is -2.01. The largest absolute Gasteiger partial charge is 0.234 e. The molecule has 0 aliphatic carbocycles. The Morgan fingerprint density at radius 3 is 2.71 bits per heavy atom. The first-order valence-electron chi connectivity index (χ1n) is 7.17. The van der Waals surface area contributed by atoms with Gasteiger partial charge in [0.05, 0.1) is 5.75 Å². The molecular formula is C15H18N4S2. The zero-order valence-corrected chi connectivity index (χ0v) is 13.8.